The Balaban J connectivity index is 2.28. The van der Waals surface area contributed by atoms with Crippen molar-refractivity contribution in [2.45, 2.75) is 32.9 Å². The first kappa shape index (κ1) is 15.5. The van der Waals surface area contributed by atoms with E-state index in [1.54, 1.807) is 12.1 Å². The molecular weight excluding hydrogens is 288 g/mol. The van der Waals surface area contributed by atoms with Gasteiger partial charge in [-0.05, 0) is 25.5 Å². The summed E-state index contributed by atoms with van der Waals surface area (Å²) in [7, 11) is 0. The first-order chi connectivity index (χ1) is 10.5. The topological polar surface area (TPSA) is 132 Å². The van der Waals surface area contributed by atoms with Gasteiger partial charge in [-0.15, -0.1) is 0 Å². The molecule has 0 saturated carbocycles. The molecule has 0 spiro atoms. The van der Waals surface area contributed by atoms with Crippen molar-refractivity contribution >= 4 is 23.3 Å². The summed E-state index contributed by atoms with van der Waals surface area (Å²) in [5.41, 5.74) is 5.35. The fourth-order valence-electron chi connectivity index (χ4n) is 1.75. The largest absolute Gasteiger partial charge is 0.467 e. The molecule has 0 aliphatic rings. The van der Waals surface area contributed by atoms with E-state index in [2.05, 4.69) is 20.6 Å². The Kier molecular flexibility index (Phi) is 4.77. The van der Waals surface area contributed by atoms with Gasteiger partial charge in [0.15, 0.2) is 0 Å². The van der Waals surface area contributed by atoms with Crippen molar-refractivity contribution in [2.24, 2.45) is 0 Å². The minimum Gasteiger partial charge on any atom is -0.467 e. The highest BCUT2D eigenvalue weighted by atomic mass is 16.6. The van der Waals surface area contributed by atoms with Crippen LogP contribution in [0.5, 0.6) is 0 Å². The van der Waals surface area contributed by atoms with Gasteiger partial charge in [-0.3, -0.25) is 10.1 Å². The Hall–Kier alpha value is -2.84. The minimum absolute atomic E-state index is 0.0553. The van der Waals surface area contributed by atoms with Crippen LogP contribution < -0.4 is 16.4 Å². The van der Waals surface area contributed by atoms with E-state index in [4.69, 9.17) is 10.2 Å². The molecule has 0 aliphatic heterocycles. The number of anilines is 3. The van der Waals surface area contributed by atoms with Crippen LogP contribution in [0.25, 0.3) is 0 Å². The average molecular weight is 306 g/mol. The van der Waals surface area contributed by atoms with Crippen LogP contribution >= 0.6 is 0 Å². The molecule has 0 unspecified atom stereocenters. The van der Waals surface area contributed by atoms with E-state index >= 15 is 0 Å². The van der Waals surface area contributed by atoms with E-state index in [0.29, 0.717) is 5.76 Å². The van der Waals surface area contributed by atoms with Gasteiger partial charge in [0.2, 0.25) is 17.6 Å². The van der Waals surface area contributed by atoms with E-state index in [9.17, 15) is 10.1 Å². The summed E-state index contributed by atoms with van der Waals surface area (Å²) >= 11 is 0. The van der Waals surface area contributed by atoms with Crippen molar-refractivity contribution in [1.82, 2.24) is 9.97 Å². The molecule has 9 heteroatoms. The fraction of sp³-hybridized carbons (Fsp3) is 0.385. The van der Waals surface area contributed by atoms with E-state index in [1.807, 2.05) is 13.8 Å². The first-order valence-corrected chi connectivity index (χ1v) is 6.86. The van der Waals surface area contributed by atoms with Gasteiger partial charge in [0.05, 0.1) is 17.7 Å². The SMILES string of the molecule is CC[C@@H](C)Nc1nc(N)c([N+](=O)[O-])c(NCc2ccco2)n1. The van der Waals surface area contributed by atoms with Crippen molar-refractivity contribution < 1.29 is 9.34 Å². The summed E-state index contributed by atoms with van der Waals surface area (Å²) in [6.45, 7) is 4.21. The van der Waals surface area contributed by atoms with E-state index < -0.39 is 4.92 Å². The van der Waals surface area contributed by atoms with Crippen LogP contribution in [0.1, 0.15) is 26.0 Å². The Morgan fingerprint density at radius 2 is 2.27 bits per heavy atom. The zero-order chi connectivity index (χ0) is 16.1. The van der Waals surface area contributed by atoms with Crippen LogP contribution in [-0.2, 0) is 6.54 Å². The molecule has 0 radical (unpaired) electrons. The van der Waals surface area contributed by atoms with Gasteiger partial charge in [-0.25, -0.2) is 0 Å². The molecule has 2 rings (SSSR count). The Labute approximate surface area is 127 Å². The van der Waals surface area contributed by atoms with Gasteiger partial charge in [0, 0.05) is 6.04 Å². The van der Waals surface area contributed by atoms with Gasteiger partial charge in [0.25, 0.3) is 0 Å². The molecule has 2 aromatic heterocycles. The van der Waals surface area contributed by atoms with Crippen molar-refractivity contribution in [3.63, 3.8) is 0 Å². The second-order valence-corrected chi connectivity index (χ2v) is 4.77. The second kappa shape index (κ2) is 6.74. The van der Waals surface area contributed by atoms with Crippen molar-refractivity contribution in [3.05, 3.63) is 34.3 Å². The van der Waals surface area contributed by atoms with Gasteiger partial charge in [-0.1, -0.05) is 6.92 Å². The lowest BCUT2D eigenvalue weighted by Crippen LogP contribution is -2.18. The number of nitrogens with two attached hydrogens (primary N) is 1. The molecule has 2 heterocycles. The lowest BCUT2D eigenvalue weighted by Gasteiger charge is -2.13. The molecule has 0 fully saturated rings. The molecule has 0 aromatic carbocycles. The molecule has 22 heavy (non-hydrogen) atoms. The molecule has 0 saturated heterocycles. The van der Waals surface area contributed by atoms with Crippen LogP contribution in [0.2, 0.25) is 0 Å². The highest BCUT2D eigenvalue weighted by molar-refractivity contribution is 5.69. The maximum atomic E-state index is 11.2. The van der Waals surface area contributed by atoms with Crippen LogP contribution in [0.3, 0.4) is 0 Å². The van der Waals surface area contributed by atoms with Crippen LogP contribution in [0, 0.1) is 10.1 Å². The smallest absolute Gasteiger partial charge is 0.353 e. The zero-order valence-corrected chi connectivity index (χ0v) is 12.4. The molecule has 9 nitrogen and oxygen atoms in total. The molecule has 2 aromatic rings. The van der Waals surface area contributed by atoms with Gasteiger partial charge < -0.3 is 20.8 Å². The number of aromatic nitrogens is 2. The monoisotopic (exact) mass is 306 g/mol. The van der Waals surface area contributed by atoms with Crippen LogP contribution in [0.4, 0.5) is 23.3 Å². The normalized spacial score (nSPS) is 11.9. The first-order valence-electron chi connectivity index (χ1n) is 6.86. The Bertz CT molecular complexity index is 643. The number of nitro groups is 1. The quantitative estimate of drug-likeness (QED) is 0.524. The third-order valence-corrected chi connectivity index (χ3v) is 3.09. The predicted molar refractivity (Wildman–Crippen MR) is 82.5 cm³/mol. The second-order valence-electron chi connectivity index (χ2n) is 4.77. The predicted octanol–water partition coefficient (Wildman–Crippen LogP) is 2.38. The van der Waals surface area contributed by atoms with Crippen LogP contribution in [0.15, 0.2) is 22.8 Å². The number of rotatable bonds is 7. The van der Waals surface area contributed by atoms with E-state index in [1.165, 1.54) is 6.26 Å². The molecule has 0 bridgehead atoms. The highest BCUT2D eigenvalue weighted by Crippen LogP contribution is 2.29. The van der Waals surface area contributed by atoms with Crippen molar-refractivity contribution in [2.75, 3.05) is 16.4 Å². The molecule has 0 amide bonds. The summed E-state index contributed by atoms with van der Waals surface area (Å²) in [5.74, 6) is 0.745. The highest BCUT2D eigenvalue weighted by Gasteiger charge is 2.23. The number of nitrogens with one attached hydrogen (secondary N) is 2. The number of hydrogen-bond donors (Lipinski definition) is 3. The van der Waals surface area contributed by atoms with Crippen LogP contribution in [-0.4, -0.2) is 20.9 Å². The van der Waals surface area contributed by atoms with Gasteiger partial charge in [-0.2, -0.15) is 9.97 Å². The fourth-order valence-corrected chi connectivity index (χ4v) is 1.75. The van der Waals surface area contributed by atoms with E-state index in [-0.39, 0.29) is 35.9 Å². The third-order valence-electron chi connectivity index (χ3n) is 3.09. The van der Waals surface area contributed by atoms with Gasteiger partial charge in [0.1, 0.15) is 5.76 Å². The summed E-state index contributed by atoms with van der Waals surface area (Å²) in [6, 6.07) is 3.61. The lowest BCUT2D eigenvalue weighted by atomic mass is 10.3. The molecule has 4 N–H and O–H groups in total. The Morgan fingerprint density at radius 1 is 1.50 bits per heavy atom. The standard InChI is InChI=1S/C13H18N6O3/c1-3-8(2)16-13-17-11(14)10(19(20)21)12(18-13)15-7-9-5-4-6-22-9/h4-6,8H,3,7H2,1-2H3,(H4,14,15,16,17,18)/t8-/m1/s1. The number of nitrogens with zero attached hydrogens (tertiary/aromatic N) is 3. The average Bonchev–Trinajstić information content (AvgIpc) is 2.97. The number of furan rings is 1. The molecule has 118 valence electrons. The summed E-state index contributed by atoms with van der Waals surface area (Å²) < 4.78 is 5.18. The maximum absolute atomic E-state index is 11.2. The lowest BCUT2D eigenvalue weighted by molar-refractivity contribution is -0.383. The zero-order valence-electron chi connectivity index (χ0n) is 12.4. The maximum Gasteiger partial charge on any atom is 0.353 e. The number of nitrogen functional groups attached to an aromatic ring is 1. The Morgan fingerprint density at radius 3 is 2.86 bits per heavy atom. The molecule has 0 aliphatic carbocycles. The van der Waals surface area contributed by atoms with E-state index in [0.717, 1.165) is 6.42 Å². The van der Waals surface area contributed by atoms with Crippen molar-refractivity contribution in [1.29, 1.82) is 0 Å². The number of hydrogen-bond acceptors (Lipinski definition) is 8. The van der Waals surface area contributed by atoms with Crippen molar-refractivity contribution in [3.8, 4) is 0 Å². The summed E-state index contributed by atoms with van der Waals surface area (Å²) in [4.78, 5) is 18.6. The molecular formula is C13H18N6O3. The van der Waals surface area contributed by atoms with Gasteiger partial charge >= 0.3 is 5.69 Å². The summed E-state index contributed by atoms with van der Waals surface area (Å²) in [6.07, 6.45) is 2.38. The third kappa shape index (κ3) is 3.62. The molecule has 1 atom stereocenters. The summed E-state index contributed by atoms with van der Waals surface area (Å²) in [5, 5.41) is 17.1. The minimum atomic E-state index is -0.604.